The van der Waals surface area contributed by atoms with E-state index >= 15 is 0 Å². The Bertz CT molecular complexity index is 1060. The maximum atomic E-state index is 13.4. The van der Waals surface area contributed by atoms with E-state index in [4.69, 9.17) is 5.73 Å². The van der Waals surface area contributed by atoms with E-state index in [9.17, 15) is 13.6 Å². The lowest BCUT2D eigenvalue weighted by Gasteiger charge is -2.08. The molecule has 0 aliphatic rings. The van der Waals surface area contributed by atoms with Crippen LogP contribution in [0.25, 0.3) is 11.4 Å². The maximum Gasteiger partial charge on any atom is 0.209 e. The van der Waals surface area contributed by atoms with Crippen LogP contribution in [-0.4, -0.2) is 15.5 Å². The van der Waals surface area contributed by atoms with Crippen molar-refractivity contribution in [3.8, 4) is 5.69 Å². The monoisotopic (exact) mass is 351 g/mol. The number of nitrogens with zero attached hydrogens (tertiary/aromatic N) is 3. The van der Waals surface area contributed by atoms with Crippen molar-refractivity contribution in [3.05, 3.63) is 106 Å². The molecule has 0 bridgehead atoms. The summed E-state index contributed by atoms with van der Waals surface area (Å²) in [6, 6.07) is 12.5. The fourth-order valence-corrected chi connectivity index (χ4v) is 2.28. The zero-order valence-corrected chi connectivity index (χ0v) is 13.4. The smallest absolute Gasteiger partial charge is 0.209 e. The minimum absolute atomic E-state index is 0.0375. The summed E-state index contributed by atoms with van der Waals surface area (Å²) in [5.41, 5.74) is 7.62. The molecule has 0 unspecified atom stereocenters. The second-order valence-electron chi connectivity index (χ2n) is 5.26. The number of hydrogen-bond donors (Lipinski definition) is 0. The van der Waals surface area contributed by atoms with Gasteiger partial charge in [-0.25, -0.2) is 18.5 Å². The van der Waals surface area contributed by atoms with Gasteiger partial charge in [-0.3, -0.25) is 4.79 Å². The van der Waals surface area contributed by atoms with E-state index in [0.717, 1.165) is 6.20 Å². The van der Waals surface area contributed by atoms with E-state index in [2.05, 4.69) is 10.1 Å². The molecular weight excluding hydrogens is 338 g/mol. The van der Waals surface area contributed by atoms with E-state index in [0.29, 0.717) is 5.69 Å². The largest absolute Gasteiger partial charge is 0.705 e. The first-order chi connectivity index (χ1) is 12.6. The van der Waals surface area contributed by atoms with E-state index in [1.165, 1.54) is 59.4 Å². The highest BCUT2D eigenvalue weighted by Gasteiger charge is 2.10. The van der Waals surface area contributed by atoms with Crippen molar-refractivity contribution in [1.82, 2.24) is 9.78 Å². The van der Waals surface area contributed by atoms with E-state index < -0.39 is 17.1 Å². The van der Waals surface area contributed by atoms with Crippen LogP contribution in [0.1, 0.15) is 5.69 Å². The van der Waals surface area contributed by atoms with Crippen LogP contribution in [0, 0.1) is 11.6 Å². The molecule has 130 valence electrons. The standard InChI is InChI=1S/C19H13F2N4O/c20-13-3-1-5-15(11-13)23-17(7-9-22)19-18(26)8-10-25(24-19)16-6-2-4-14(21)12-16/h1-12H,(H-,22,23)/q-1. The summed E-state index contributed by atoms with van der Waals surface area (Å²) in [6.07, 6.45) is 3.65. The first-order valence-electron chi connectivity index (χ1n) is 7.61. The first-order valence-corrected chi connectivity index (χ1v) is 7.61. The number of hydrogen-bond acceptors (Lipinski definition) is 3. The van der Waals surface area contributed by atoms with Gasteiger partial charge in [-0.05, 0) is 36.4 Å². The highest BCUT2D eigenvalue weighted by Crippen LogP contribution is 2.15. The van der Waals surface area contributed by atoms with Crippen molar-refractivity contribution >= 4 is 11.4 Å². The van der Waals surface area contributed by atoms with Crippen LogP contribution in [0.3, 0.4) is 0 Å². The zero-order chi connectivity index (χ0) is 18.5. The Labute approximate surface area is 147 Å². The molecule has 0 saturated heterocycles. The Hall–Kier alpha value is -3.61. The van der Waals surface area contributed by atoms with Gasteiger partial charge in [0.1, 0.15) is 11.6 Å². The van der Waals surface area contributed by atoms with Crippen molar-refractivity contribution in [3.63, 3.8) is 0 Å². The molecule has 3 rings (SSSR count). The van der Waals surface area contributed by atoms with Crippen molar-refractivity contribution in [1.29, 1.82) is 0 Å². The molecule has 0 spiro atoms. The molecule has 0 atom stereocenters. The molecule has 1 heterocycles. The fourth-order valence-electron chi connectivity index (χ4n) is 2.28. The van der Waals surface area contributed by atoms with Gasteiger partial charge in [-0.2, -0.15) is 11.3 Å². The Morgan fingerprint density at radius 3 is 2.50 bits per heavy atom. The molecule has 0 aliphatic heterocycles. The molecule has 2 aromatic carbocycles. The summed E-state index contributed by atoms with van der Waals surface area (Å²) in [6.45, 7) is 0. The Morgan fingerprint density at radius 1 is 1.08 bits per heavy atom. The highest BCUT2D eigenvalue weighted by molar-refractivity contribution is 6.08. The van der Waals surface area contributed by atoms with Crippen LogP contribution in [-0.2, 0) is 0 Å². The van der Waals surface area contributed by atoms with Gasteiger partial charge >= 0.3 is 0 Å². The van der Waals surface area contributed by atoms with Crippen molar-refractivity contribution in [2.24, 2.45) is 4.99 Å². The van der Waals surface area contributed by atoms with Gasteiger partial charge in [0.2, 0.25) is 5.43 Å². The summed E-state index contributed by atoms with van der Waals surface area (Å²) in [5, 5.41) is 4.20. The second-order valence-corrected chi connectivity index (χ2v) is 5.26. The average Bonchev–Trinajstić information content (AvgIpc) is 2.62. The Kier molecular flexibility index (Phi) is 4.98. The van der Waals surface area contributed by atoms with Crippen LogP contribution in [0.15, 0.2) is 82.9 Å². The predicted molar refractivity (Wildman–Crippen MR) is 95.9 cm³/mol. The summed E-state index contributed by atoms with van der Waals surface area (Å²) >= 11 is 0. The topological polar surface area (TPSA) is 71.0 Å². The molecular formula is C19H13F2N4O-. The number of aromatic nitrogens is 2. The lowest BCUT2D eigenvalue weighted by Crippen LogP contribution is -2.20. The first kappa shape index (κ1) is 17.2. The van der Waals surface area contributed by atoms with Crippen LogP contribution in [0.4, 0.5) is 14.5 Å². The number of aliphatic imine (C=N–C) groups is 1. The Balaban J connectivity index is 2.13. The molecule has 7 heteroatoms. The van der Waals surface area contributed by atoms with Crippen LogP contribution in [0.5, 0.6) is 0 Å². The zero-order valence-electron chi connectivity index (χ0n) is 13.4. The molecule has 5 nitrogen and oxygen atoms in total. The van der Waals surface area contributed by atoms with Gasteiger partial charge in [0, 0.05) is 12.3 Å². The SMILES string of the molecule is [NH-]C=CC(=Nc1cccc(F)c1)c1nn(-c2cccc(F)c2)ccc1=O. The van der Waals surface area contributed by atoms with Gasteiger partial charge in [0.15, 0.2) is 5.69 Å². The molecule has 0 aliphatic carbocycles. The number of allylic oxidation sites excluding steroid dienone is 1. The lowest BCUT2D eigenvalue weighted by atomic mass is 10.2. The molecule has 26 heavy (non-hydrogen) atoms. The van der Waals surface area contributed by atoms with Gasteiger partial charge in [-0.15, -0.1) is 0 Å². The van der Waals surface area contributed by atoms with Crippen molar-refractivity contribution in [2.75, 3.05) is 0 Å². The second kappa shape index (κ2) is 7.52. The molecule has 1 N–H and O–H groups in total. The molecule has 0 fully saturated rings. The van der Waals surface area contributed by atoms with Crippen LogP contribution < -0.4 is 5.43 Å². The minimum Gasteiger partial charge on any atom is -0.705 e. The number of rotatable bonds is 4. The summed E-state index contributed by atoms with van der Waals surface area (Å²) in [5.74, 6) is -0.914. The van der Waals surface area contributed by atoms with Gasteiger partial charge < -0.3 is 5.73 Å². The van der Waals surface area contributed by atoms with Crippen LogP contribution >= 0.6 is 0 Å². The predicted octanol–water partition coefficient (Wildman–Crippen LogP) is 4.20. The summed E-state index contributed by atoms with van der Waals surface area (Å²) in [7, 11) is 0. The molecule has 0 radical (unpaired) electrons. The third-order valence-corrected chi connectivity index (χ3v) is 3.42. The minimum atomic E-state index is -0.473. The van der Waals surface area contributed by atoms with Gasteiger partial charge in [-0.1, -0.05) is 18.2 Å². The molecule has 0 saturated carbocycles. The quantitative estimate of drug-likeness (QED) is 0.661. The van der Waals surface area contributed by atoms with Gasteiger partial charge in [0.05, 0.1) is 17.1 Å². The van der Waals surface area contributed by atoms with Crippen LogP contribution in [0.2, 0.25) is 0 Å². The average molecular weight is 351 g/mol. The summed E-state index contributed by atoms with van der Waals surface area (Å²) in [4.78, 5) is 16.5. The van der Waals surface area contributed by atoms with E-state index in [1.54, 1.807) is 12.1 Å². The maximum absolute atomic E-state index is 13.4. The fraction of sp³-hybridized carbons (Fsp3) is 0. The van der Waals surface area contributed by atoms with Crippen molar-refractivity contribution < 1.29 is 8.78 Å². The lowest BCUT2D eigenvalue weighted by molar-refractivity contribution is 0.625. The summed E-state index contributed by atoms with van der Waals surface area (Å²) < 4.78 is 28.1. The normalized spacial score (nSPS) is 11.8. The molecule has 3 aromatic rings. The molecule has 1 aromatic heterocycles. The van der Waals surface area contributed by atoms with E-state index in [1.807, 2.05) is 0 Å². The van der Waals surface area contributed by atoms with Gasteiger partial charge in [0.25, 0.3) is 0 Å². The Morgan fingerprint density at radius 2 is 1.81 bits per heavy atom. The van der Waals surface area contributed by atoms with E-state index in [-0.39, 0.29) is 17.1 Å². The highest BCUT2D eigenvalue weighted by atomic mass is 19.1. The third-order valence-electron chi connectivity index (χ3n) is 3.42. The third kappa shape index (κ3) is 3.89. The molecule has 0 amide bonds. The number of benzene rings is 2. The number of nitrogens with one attached hydrogen (secondary N) is 1. The number of halogens is 2. The van der Waals surface area contributed by atoms with Crippen molar-refractivity contribution in [2.45, 2.75) is 0 Å².